The van der Waals surface area contributed by atoms with Crippen molar-refractivity contribution in [2.75, 3.05) is 32.1 Å². The molecule has 0 spiro atoms. The van der Waals surface area contributed by atoms with E-state index in [1.165, 1.54) is 10.1 Å². The second kappa shape index (κ2) is 5.48. The van der Waals surface area contributed by atoms with E-state index in [0.717, 1.165) is 36.2 Å². The second-order valence-electron chi connectivity index (χ2n) is 6.26. The van der Waals surface area contributed by atoms with Crippen molar-refractivity contribution >= 4 is 38.1 Å². The molecule has 23 heavy (non-hydrogen) atoms. The predicted octanol–water partition coefficient (Wildman–Crippen LogP) is 3.46. The Morgan fingerprint density at radius 3 is 2.96 bits per heavy atom. The second-order valence-corrected chi connectivity index (χ2v) is 7.17. The molecule has 0 radical (unpaired) electrons. The average Bonchev–Trinajstić information content (AvgIpc) is 3.21. The smallest absolute Gasteiger partial charge is 0.138 e. The van der Waals surface area contributed by atoms with Gasteiger partial charge in [-0.1, -0.05) is 6.07 Å². The van der Waals surface area contributed by atoms with Crippen LogP contribution in [0, 0.1) is 11.3 Å². The fourth-order valence-corrected chi connectivity index (χ4v) is 4.35. The van der Waals surface area contributed by atoms with Gasteiger partial charge >= 0.3 is 0 Å². The fraction of sp³-hybridized carbons (Fsp3) is 0.333. The van der Waals surface area contributed by atoms with E-state index >= 15 is 0 Å². The SMILES string of the molecule is CN1CCC(N(C)c2nc3cc(C#N)ccc3c3sccc23)C1. The molecule has 0 saturated carbocycles. The molecule has 0 N–H and O–H groups in total. The largest absolute Gasteiger partial charge is 0.355 e. The van der Waals surface area contributed by atoms with Crippen LogP contribution in [0.2, 0.25) is 0 Å². The number of hydrogen-bond donors (Lipinski definition) is 0. The van der Waals surface area contributed by atoms with Gasteiger partial charge in [-0.05, 0) is 43.6 Å². The lowest BCUT2D eigenvalue weighted by Crippen LogP contribution is -2.34. The van der Waals surface area contributed by atoms with Crippen LogP contribution in [0.3, 0.4) is 0 Å². The molecule has 1 aliphatic rings. The molecule has 1 aromatic carbocycles. The molecule has 1 atom stereocenters. The van der Waals surface area contributed by atoms with Crippen LogP contribution in [0.5, 0.6) is 0 Å². The number of fused-ring (bicyclic) bond motifs is 3. The molecule has 4 rings (SSSR count). The fourth-order valence-electron chi connectivity index (χ4n) is 3.42. The maximum atomic E-state index is 9.16. The van der Waals surface area contributed by atoms with Gasteiger partial charge in [-0.15, -0.1) is 11.3 Å². The quantitative estimate of drug-likeness (QED) is 0.725. The Kier molecular flexibility index (Phi) is 3.44. The highest BCUT2D eigenvalue weighted by Gasteiger charge is 2.25. The number of thiophene rings is 1. The summed E-state index contributed by atoms with van der Waals surface area (Å²) in [5.74, 6) is 1.03. The highest BCUT2D eigenvalue weighted by atomic mass is 32.1. The third-order valence-electron chi connectivity index (χ3n) is 4.75. The zero-order valence-electron chi connectivity index (χ0n) is 13.3. The van der Waals surface area contributed by atoms with E-state index in [2.05, 4.69) is 41.4 Å². The Labute approximate surface area is 139 Å². The summed E-state index contributed by atoms with van der Waals surface area (Å²) < 4.78 is 1.26. The minimum absolute atomic E-state index is 0.493. The summed E-state index contributed by atoms with van der Waals surface area (Å²) in [6, 6.07) is 10.7. The van der Waals surface area contributed by atoms with Gasteiger partial charge in [0, 0.05) is 35.1 Å². The van der Waals surface area contributed by atoms with Crippen molar-refractivity contribution in [1.82, 2.24) is 9.88 Å². The van der Waals surface area contributed by atoms with E-state index in [0.29, 0.717) is 11.6 Å². The molecular formula is C18H18N4S. The minimum Gasteiger partial charge on any atom is -0.355 e. The van der Waals surface area contributed by atoms with Gasteiger partial charge < -0.3 is 9.80 Å². The van der Waals surface area contributed by atoms with Gasteiger partial charge in [-0.25, -0.2) is 4.98 Å². The Bertz CT molecular complexity index is 924. The first-order chi connectivity index (χ1) is 11.2. The highest BCUT2D eigenvalue weighted by molar-refractivity contribution is 7.18. The average molecular weight is 322 g/mol. The van der Waals surface area contributed by atoms with Crippen molar-refractivity contribution in [2.24, 2.45) is 0 Å². The minimum atomic E-state index is 0.493. The molecule has 1 fully saturated rings. The number of hydrogen-bond acceptors (Lipinski definition) is 5. The summed E-state index contributed by atoms with van der Waals surface area (Å²) in [7, 11) is 4.31. The molecular weight excluding hydrogens is 304 g/mol. The summed E-state index contributed by atoms with van der Waals surface area (Å²) in [5, 5.41) is 13.6. The first kappa shape index (κ1) is 14.4. The molecule has 2 aromatic heterocycles. The summed E-state index contributed by atoms with van der Waals surface area (Å²) in [6.45, 7) is 2.20. The van der Waals surface area contributed by atoms with Crippen LogP contribution < -0.4 is 4.90 Å². The van der Waals surface area contributed by atoms with Crippen LogP contribution in [0.4, 0.5) is 5.82 Å². The van der Waals surface area contributed by atoms with Gasteiger partial charge in [-0.2, -0.15) is 5.26 Å². The van der Waals surface area contributed by atoms with Crippen molar-refractivity contribution in [3.05, 3.63) is 35.2 Å². The topological polar surface area (TPSA) is 43.2 Å². The van der Waals surface area contributed by atoms with Gasteiger partial charge in [0.1, 0.15) is 5.82 Å². The number of nitriles is 1. The van der Waals surface area contributed by atoms with E-state index < -0.39 is 0 Å². The summed E-state index contributed by atoms with van der Waals surface area (Å²) in [5.41, 5.74) is 1.57. The summed E-state index contributed by atoms with van der Waals surface area (Å²) in [4.78, 5) is 9.60. The Morgan fingerprint density at radius 2 is 2.22 bits per heavy atom. The lowest BCUT2D eigenvalue weighted by molar-refractivity contribution is 0.409. The molecule has 0 bridgehead atoms. The van der Waals surface area contributed by atoms with E-state index in [9.17, 15) is 0 Å². The normalized spacial score (nSPS) is 18.6. The van der Waals surface area contributed by atoms with Crippen molar-refractivity contribution in [1.29, 1.82) is 5.26 Å². The standard InChI is InChI=1S/C18H18N4S/c1-21-7-5-13(11-21)22(2)18-15-6-8-23-17(15)14-4-3-12(10-19)9-16(14)20-18/h3-4,6,8-9,13H,5,7,11H2,1-2H3. The lowest BCUT2D eigenvalue weighted by Gasteiger charge is -2.26. The van der Waals surface area contributed by atoms with E-state index in [4.69, 9.17) is 10.2 Å². The molecule has 3 aromatic rings. The number of likely N-dealkylation sites (N-methyl/N-ethyl adjacent to an activating group) is 2. The lowest BCUT2D eigenvalue weighted by atomic mass is 10.1. The first-order valence-electron chi connectivity index (χ1n) is 7.80. The van der Waals surface area contributed by atoms with Crippen molar-refractivity contribution in [3.8, 4) is 6.07 Å². The van der Waals surface area contributed by atoms with Crippen LogP contribution in [0.25, 0.3) is 21.0 Å². The first-order valence-corrected chi connectivity index (χ1v) is 8.68. The molecule has 116 valence electrons. The summed E-state index contributed by atoms with van der Waals surface area (Å²) >= 11 is 1.74. The maximum Gasteiger partial charge on any atom is 0.138 e. The highest BCUT2D eigenvalue weighted by Crippen LogP contribution is 2.36. The van der Waals surface area contributed by atoms with Crippen LogP contribution in [0.1, 0.15) is 12.0 Å². The van der Waals surface area contributed by atoms with Crippen molar-refractivity contribution in [2.45, 2.75) is 12.5 Å². The number of nitrogens with zero attached hydrogens (tertiary/aromatic N) is 4. The Morgan fingerprint density at radius 1 is 1.35 bits per heavy atom. The molecule has 0 amide bonds. The maximum absolute atomic E-state index is 9.16. The molecule has 1 aliphatic heterocycles. The zero-order chi connectivity index (χ0) is 16.0. The van der Waals surface area contributed by atoms with Crippen LogP contribution >= 0.6 is 11.3 Å². The van der Waals surface area contributed by atoms with Gasteiger partial charge in [0.05, 0.1) is 17.1 Å². The number of anilines is 1. The number of rotatable bonds is 2. The van der Waals surface area contributed by atoms with E-state index in [-0.39, 0.29) is 0 Å². The molecule has 4 nitrogen and oxygen atoms in total. The number of benzene rings is 1. The number of pyridine rings is 1. The third-order valence-corrected chi connectivity index (χ3v) is 5.70. The zero-order valence-corrected chi connectivity index (χ0v) is 14.1. The van der Waals surface area contributed by atoms with E-state index in [1.54, 1.807) is 11.3 Å². The molecule has 0 aliphatic carbocycles. The Balaban J connectivity index is 1.90. The predicted molar refractivity (Wildman–Crippen MR) is 96.1 cm³/mol. The number of aromatic nitrogens is 1. The van der Waals surface area contributed by atoms with Crippen LogP contribution in [-0.4, -0.2) is 43.1 Å². The van der Waals surface area contributed by atoms with Gasteiger partial charge in [0.25, 0.3) is 0 Å². The summed E-state index contributed by atoms with van der Waals surface area (Å²) in [6.07, 6.45) is 1.16. The molecule has 3 heterocycles. The van der Waals surface area contributed by atoms with Gasteiger partial charge in [0.15, 0.2) is 0 Å². The van der Waals surface area contributed by atoms with Gasteiger partial charge in [-0.3, -0.25) is 0 Å². The van der Waals surface area contributed by atoms with Crippen molar-refractivity contribution < 1.29 is 0 Å². The van der Waals surface area contributed by atoms with E-state index in [1.807, 2.05) is 18.2 Å². The third kappa shape index (κ3) is 2.35. The monoisotopic (exact) mass is 322 g/mol. The molecule has 1 unspecified atom stereocenters. The Hall–Kier alpha value is -2.16. The van der Waals surface area contributed by atoms with Crippen LogP contribution in [0.15, 0.2) is 29.6 Å². The van der Waals surface area contributed by atoms with Crippen molar-refractivity contribution in [3.63, 3.8) is 0 Å². The molecule has 1 saturated heterocycles. The van der Waals surface area contributed by atoms with Crippen LogP contribution in [-0.2, 0) is 0 Å². The number of likely N-dealkylation sites (tertiary alicyclic amines) is 1. The molecule has 5 heteroatoms. The van der Waals surface area contributed by atoms with Gasteiger partial charge in [0.2, 0.25) is 0 Å².